The van der Waals surface area contributed by atoms with Gasteiger partial charge in [-0.1, -0.05) is 12.1 Å². The van der Waals surface area contributed by atoms with Crippen LogP contribution in [0.2, 0.25) is 0 Å². The fourth-order valence-electron chi connectivity index (χ4n) is 4.61. The van der Waals surface area contributed by atoms with Crippen LogP contribution in [0.1, 0.15) is 34.4 Å². The second-order valence-corrected chi connectivity index (χ2v) is 9.08. The van der Waals surface area contributed by atoms with Crippen LogP contribution in [0.15, 0.2) is 48.5 Å². The lowest BCUT2D eigenvalue weighted by Gasteiger charge is -2.23. The Bertz CT molecular complexity index is 1310. The number of benzene rings is 2. The molecule has 0 aliphatic carbocycles. The highest BCUT2D eigenvalue weighted by Gasteiger charge is 2.22. The van der Waals surface area contributed by atoms with Gasteiger partial charge in [0.05, 0.1) is 23.7 Å². The zero-order chi connectivity index (χ0) is 25.7. The number of nitrogens with zero attached hydrogens (tertiary/aromatic N) is 5. The van der Waals surface area contributed by atoms with Gasteiger partial charge in [-0.05, 0) is 67.8 Å². The molecular formula is C28H29FN6O. The van der Waals surface area contributed by atoms with E-state index >= 15 is 0 Å². The number of nitrogens with one attached hydrogen (secondary N) is 1. The van der Waals surface area contributed by atoms with Crippen LogP contribution in [-0.4, -0.2) is 48.1 Å². The van der Waals surface area contributed by atoms with Crippen LogP contribution in [0, 0.1) is 42.3 Å². The largest absolute Gasteiger partial charge is 0.370 e. The van der Waals surface area contributed by atoms with Gasteiger partial charge in [0.25, 0.3) is 0 Å². The molecule has 1 aliphatic rings. The van der Waals surface area contributed by atoms with E-state index in [1.54, 1.807) is 12.1 Å². The van der Waals surface area contributed by atoms with E-state index < -0.39 is 0 Å². The first kappa shape index (κ1) is 25.0. The molecule has 3 aromatic rings. The zero-order valence-electron chi connectivity index (χ0n) is 20.6. The normalized spacial score (nSPS) is 14.1. The Balaban J connectivity index is 1.44. The van der Waals surface area contributed by atoms with Crippen molar-refractivity contribution in [3.05, 3.63) is 82.3 Å². The Morgan fingerprint density at radius 1 is 0.972 bits per heavy atom. The molecule has 2 aromatic carbocycles. The molecule has 0 saturated carbocycles. The summed E-state index contributed by atoms with van der Waals surface area (Å²) >= 11 is 0. The summed E-state index contributed by atoms with van der Waals surface area (Å²) in [6, 6.07) is 18.2. The van der Waals surface area contributed by atoms with Crippen molar-refractivity contribution in [3.8, 4) is 12.1 Å². The molecule has 7 nitrogen and oxygen atoms in total. The van der Waals surface area contributed by atoms with Crippen LogP contribution in [0.25, 0.3) is 0 Å². The monoisotopic (exact) mass is 484 g/mol. The third-order valence-electron chi connectivity index (χ3n) is 6.77. The van der Waals surface area contributed by atoms with Crippen LogP contribution < -0.4 is 10.2 Å². The molecule has 0 unspecified atom stereocenters. The van der Waals surface area contributed by atoms with Gasteiger partial charge in [0, 0.05) is 44.1 Å². The molecule has 0 radical (unpaired) electrons. The predicted octanol–water partition coefficient (Wildman–Crippen LogP) is 4.19. The fraction of sp³-hybridized carbons (Fsp3) is 0.321. The molecule has 1 amide bonds. The second kappa shape index (κ2) is 11.1. The van der Waals surface area contributed by atoms with Crippen molar-refractivity contribution in [2.24, 2.45) is 0 Å². The van der Waals surface area contributed by atoms with E-state index in [1.165, 1.54) is 12.1 Å². The van der Waals surface area contributed by atoms with E-state index in [0.717, 1.165) is 55.1 Å². The highest BCUT2D eigenvalue weighted by Crippen LogP contribution is 2.27. The standard InChI is InChI=1S/C28H29FN6O/c1-20-21(2)35(18-23-4-8-24(29)9-5-23)28(26(20)17-31)32-27(36)19-33-12-3-13-34(15-14-33)25-10-6-22(16-30)7-11-25/h4-11H,3,12-15,18-19H2,1-2H3,(H,32,36). The van der Waals surface area contributed by atoms with Crippen molar-refractivity contribution in [2.45, 2.75) is 26.8 Å². The van der Waals surface area contributed by atoms with E-state index in [9.17, 15) is 14.4 Å². The molecule has 1 fully saturated rings. The Hall–Kier alpha value is -4.14. The van der Waals surface area contributed by atoms with Gasteiger partial charge in [0.15, 0.2) is 0 Å². The maximum atomic E-state index is 13.4. The van der Waals surface area contributed by atoms with Crippen molar-refractivity contribution in [1.82, 2.24) is 9.47 Å². The minimum absolute atomic E-state index is 0.170. The highest BCUT2D eigenvalue weighted by molar-refractivity contribution is 5.93. The number of aromatic nitrogens is 1. The Morgan fingerprint density at radius 2 is 1.69 bits per heavy atom. The molecule has 1 aliphatic heterocycles. The summed E-state index contributed by atoms with van der Waals surface area (Å²) < 4.78 is 15.3. The number of anilines is 2. The number of halogens is 1. The molecule has 0 bridgehead atoms. The van der Waals surface area contributed by atoms with Gasteiger partial charge in [-0.15, -0.1) is 0 Å². The van der Waals surface area contributed by atoms with Crippen LogP contribution in [-0.2, 0) is 11.3 Å². The van der Waals surface area contributed by atoms with Crippen molar-refractivity contribution >= 4 is 17.4 Å². The van der Waals surface area contributed by atoms with Gasteiger partial charge in [0.1, 0.15) is 17.7 Å². The quantitative estimate of drug-likeness (QED) is 0.567. The van der Waals surface area contributed by atoms with Crippen molar-refractivity contribution in [2.75, 3.05) is 42.9 Å². The number of carbonyl (C=O) groups is 1. The van der Waals surface area contributed by atoms with E-state index in [-0.39, 0.29) is 18.3 Å². The van der Waals surface area contributed by atoms with Crippen LogP contribution in [0.5, 0.6) is 0 Å². The first-order valence-electron chi connectivity index (χ1n) is 12.0. The number of hydrogen-bond acceptors (Lipinski definition) is 5. The van der Waals surface area contributed by atoms with Gasteiger partial charge in [-0.25, -0.2) is 4.39 Å². The summed E-state index contributed by atoms with van der Waals surface area (Å²) in [5.74, 6) is 0.00707. The first-order valence-corrected chi connectivity index (χ1v) is 12.0. The number of hydrogen-bond donors (Lipinski definition) is 1. The second-order valence-electron chi connectivity index (χ2n) is 9.08. The molecule has 4 rings (SSSR count). The lowest BCUT2D eigenvalue weighted by molar-refractivity contribution is -0.117. The Labute approximate surface area is 211 Å². The molecule has 0 spiro atoms. The van der Waals surface area contributed by atoms with Gasteiger partial charge < -0.3 is 14.8 Å². The van der Waals surface area contributed by atoms with Crippen LogP contribution in [0.4, 0.5) is 15.9 Å². The topological polar surface area (TPSA) is 88.1 Å². The highest BCUT2D eigenvalue weighted by atomic mass is 19.1. The minimum Gasteiger partial charge on any atom is -0.370 e. The number of nitriles is 2. The maximum Gasteiger partial charge on any atom is 0.239 e. The third-order valence-corrected chi connectivity index (χ3v) is 6.77. The SMILES string of the molecule is Cc1c(C#N)c(NC(=O)CN2CCCN(c3ccc(C#N)cc3)CC2)n(Cc2ccc(F)cc2)c1C. The van der Waals surface area contributed by atoms with Crippen LogP contribution >= 0.6 is 0 Å². The van der Waals surface area contributed by atoms with Crippen molar-refractivity contribution < 1.29 is 9.18 Å². The molecule has 184 valence electrons. The summed E-state index contributed by atoms with van der Waals surface area (Å²) in [5, 5.41) is 21.8. The lowest BCUT2D eigenvalue weighted by Crippen LogP contribution is -2.36. The van der Waals surface area contributed by atoms with Crippen molar-refractivity contribution in [3.63, 3.8) is 0 Å². The summed E-state index contributed by atoms with van der Waals surface area (Å²) in [4.78, 5) is 17.5. The molecule has 8 heteroatoms. The molecule has 2 heterocycles. The van der Waals surface area contributed by atoms with Crippen molar-refractivity contribution in [1.29, 1.82) is 10.5 Å². The van der Waals surface area contributed by atoms with Gasteiger partial charge >= 0.3 is 0 Å². The average molecular weight is 485 g/mol. The zero-order valence-corrected chi connectivity index (χ0v) is 20.6. The predicted molar refractivity (Wildman–Crippen MR) is 137 cm³/mol. The number of rotatable bonds is 6. The molecular weight excluding hydrogens is 455 g/mol. The smallest absolute Gasteiger partial charge is 0.239 e. The lowest BCUT2D eigenvalue weighted by atomic mass is 10.2. The van der Waals surface area contributed by atoms with Crippen LogP contribution in [0.3, 0.4) is 0 Å². The summed E-state index contributed by atoms with van der Waals surface area (Å²) in [6.07, 6.45) is 0.913. The van der Waals surface area contributed by atoms with E-state index in [4.69, 9.17) is 5.26 Å². The van der Waals surface area contributed by atoms with E-state index in [1.807, 2.05) is 42.7 Å². The maximum absolute atomic E-state index is 13.4. The Kier molecular flexibility index (Phi) is 7.68. The first-order chi connectivity index (χ1) is 17.4. The average Bonchev–Trinajstić information content (AvgIpc) is 3.03. The molecule has 1 saturated heterocycles. The molecule has 1 aromatic heterocycles. The Morgan fingerprint density at radius 3 is 2.36 bits per heavy atom. The minimum atomic E-state index is -0.305. The van der Waals surface area contributed by atoms with Gasteiger partial charge in [-0.3, -0.25) is 9.69 Å². The summed E-state index contributed by atoms with van der Waals surface area (Å²) in [6.45, 7) is 7.62. The number of carbonyl (C=O) groups excluding carboxylic acids is 1. The third kappa shape index (κ3) is 5.56. The summed E-state index contributed by atoms with van der Waals surface area (Å²) in [7, 11) is 0. The fourth-order valence-corrected chi connectivity index (χ4v) is 4.61. The van der Waals surface area contributed by atoms with Gasteiger partial charge in [-0.2, -0.15) is 10.5 Å². The summed E-state index contributed by atoms with van der Waals surface area (Å²) in [5.41, 5.74) is 4.75. The van der Waals surface area contributed by atoms with E-state index in [0.29, 0.717) is 23.5 Å². The van der Waals surface area contributed by atoms with E-state index in [2.05, 4.69) is 27.3 Å². The molecule has 0 atom stereocenters. The number of amides is 1. The molecule has 1 N–H and O–H groups in total. The molecule has 36 heavy (non-hydrogen) atoms. The van der Waals surface area contributed by atoms with Gasteiger partial charge in [0.2, 0.25) is 5.91 Å².